The second-order valence-electron chi connectivity index (χ2n) is 5.69. The maximum absolute atomic E-state index is 11.8. The quantitative estimate of drug-likeness (QED) is 0.623. The molecular weight excluding hydrogens is 280 g/mol. The van der Waals surface area contributed by atoms with E-state index in [-0.39, 0.29) is 12.5 Å². The van der Waals surface area contributed by atoms with Crippen LogP contribution < -0.4 is 10.6 Å². The lowest BCUT2D eigenvalue weighted by Crippen LogP contribution is -2.57. The van der Waals surface area contributed by atoms with Gasteiger partial charge in [0.05, 0.1) is 24.3 Å². The van der Waals surface area contributed by atoms with Gasteiger partial charge < -0.3 is 20.8 Å². The van der Waals surface area contributed by atoms with Gasteiger partial charge in [-0.1, -0.05) is 49.4 Å². The second-order valence-corrected chi connectivity index (χ2v) is 5.69. The molecule has 5 nitrogen and oxygen atoms in total. The molecule has 1 aromatic rings. The number of hydrogen-bond donors (Lipinski definition) is 4. The number of nitrogens with one attached hydrogen (secondary N) is 2. The summed E-state index contributed by atoms with van der Waals surface area (Å²) in [5.41, 5.74) is 0.296. The van der Waals surface area contributed by atoms with Crippen molar-refractivity contribution in [3.8, 4) is 0 Å². The Balaban J connectivity index is 2.12. The molecule has 1 aliphatic heterocycles. The van der Waals surface area contributed by atoms with Crippen LogP contribution in [0, 0.1) is 0 Å². The van der Waals surface area contributed by atoms with Crippen LogP contribution >= 0.6 is 0 Å². The Labute approximate surface area is 131 Å². The van der Waals surface area contributed by atoms with E-state index >= 15 is 0 Å². The van der Waals surface area contributed by atoms with Gasteiger partial charge in [0.2, 0.25) is 5.91 Å². The van der Waals surface area contributed by atoms with E-state index in [9.17, 15) is 15.0 Å². The smallest absolute Gasteiger partial charge is 0.220 e. The third-order valence-corrected chi connectivity index (χ3v) is 4.13. The largest absolute Gasteiger partial charge is 0.395 e. The number of rotatable bonds is 6. The van der Waals surface area contributed by atoms with E-state index in [1.807, 2.05) is 42.5 Å². The van der Waals surface area contributed by atoms with E-state index in [2.05, 4.69) is 10.6 Å². The predicted molar refractivity (Wildman–Crippen MR) is 86.1 cm³/mol. The van der Waals surface area contributed by atoms with E-state index in [0.29, 0.717) is 19.4 Å². The summed E-state index contributed by atoms with van der Waals surface area (Å²) in [6.07, 6.45) is 3.96. The highest BCUT2D eigenvalue weighted by molar-refractivity contribution is 5.76. The lowest BCUT2D eigenvalue weighted by atomic mass is 9.88. The van der Waals surface area contributed by atoms with E-state index in [0.717, 1.165) is 5.56 Å². The van der Waals surface area contributed by atoms with Gasteiger partial charge in [0, 0.05) is 13.0 Å². The molecule has 0 unspecified atom stereocenters. The highest BCUT2D eigenvalue weighted by atomic mass is 16.3. The van der Waals surface area contributed by atoms with Crippen molar-refractivity contribution in [2.45, 2.75) is 37.5 Å². The number of carbonyl (C=O) groups excluding carboxylic acids is 1. The number of amides is 1. The summed E-state index contributed by atoms with van der Waals surface area (Å²) < 4.78 is 0. The minimum absolute atomic E-state index is 0.104. The molecule has 0 bridgehead atoms. The summed E-state index contributed by atoms with van der Waals surface area (Å²) in [5, 5.41) is 25.8. The number of aliphatic hydroxyl groups excluding tert-OH is 2. The Morgan fingerprint density at radius 1 is 1.45 bits per heavy atom. The molecule has 2 rings (SSSR count). The Hall–Kier alpha value is -1.69. The first kappa shape index (κ1) is 16.7. The standard InChI is InChI=1S/C17H24N2O3/c1-2-15(21)19-17(12-18-14(11-20)16(17)22)10-6-9-13-7-4-3-5-8-13/h3-9,14,16,18,20,22H,2,10-12H2,1H3,(H,19,21)/t14-,16+,17-/m0/s1. The first-order chi connectivity index (χ1) is 10.6. The van der Waals surface area contributed by atoms with Crippen LogP contribution in [-0.2, 0) is 4.79 Å². The van der Waals surface area contributed by atoms with Gasteiger partial charge in [0.15, 0.2) is 0 Å². The zero-order valence-corrected chi connectivity index (χ0v) is 12.8. The van der Waals surface area contributed by atoms with Crippen molar-refractivity contribution in [1.82, 2.24) is 10.6 Å². The fourth-order valence-corrected chi connectivity index (χ4v) is 2.78. The summed E-state index contributed by atoms with van der Waals surface area (Å²) >= 11 is 0. The fraction of sp³-hybridized carbons (Fsp3) is 0.471. The van der Waals surface area contributed by atoms with Gasteiger partial charge in [0.1, 0.15) is 0 Å². The lowest BCUT2D eigenvalue weighted by Gasteiger charge is -2.33. The molecule has 1 aliphatic rings. The van der Waals surface area contributed by atoms with Crippen LogP contribution in [0.4, 0.5) is 0 Å². The van der Waals surface area contributed by atoms with Crippen molar-refractivity contribution in [2.24, 2.45) is 0 Å². The molecule has 0 aromatic heterocycles. The molecule has 1 aromatic carbocycles. The van der Waals surface area contributed by atoms with E-state index < -0.39 is 17.7 Å². The second kappa shape index (κ2) is 7.54. The van der Waals surface area contributed by atoms with Crippen molar-refractivity contribution < 1.29 is 15.0 Å². The van der Waals surface area contributed by atoms with Crippen molar-refractivity contribution in [2.75, 3.05) is 13.2 Å². The van der Waals surface area contributed by atoms with E-state index in [1.165, 1.54) is 0 Å². The predicted octanol–water partition coefficient (Wildman–Crippen LogP) is 0.680. The molecule has 0 saturated carbocycles. The molecule has 0 spiro atoms. The van der Waals surface area contributed by atoms with Gasteiger partial charge in [-0.25, -0.2) is 0 Å². The highest BCUT2D eigenvalue weighted by Gasteiger charge is 2.47. The van der Waals surface area contributed by atoms with Gasteiger partial charge in [-0.15, -0.1) is 0 Å². The first-order valence-electron chi connectivity index (χ1n) is 7.66. The Bertz CT molecular complexity index is 518. The molecule has 1 amide bonds. The van der Waals surface area contributed by atoms with Crippen molar-refractivity contribution in [1.29, 1.82) is 0 Å². The monoisotopic (exact) mass is 304 g/mol. The number of carbonyl (C=O) groups is 1. The van der Waals surface area contributed by atoms with Gasteiger partial charge in [-0.05, 0) is 12.0 Å². The molecule has 0 aliphatic carbocycles. The average Bonchev–Trinajstić information content (AvgIpc) is 2.85. The van der Waals surface area contributed by atoms with Gasteiger partial charge >= 0.3 is 0 Å². The SMILES string of the molecule is CCC(=O)N[C@@]1(CC=Cc2ccccc2)CN[C@@H](CO)[C@H]1O. The average molecular weight is 304 g/mol. The minimum atomic E-state index is -0.826. The fourth-order valence-electron chi connectivity index (χ4n) is 2.78. The first-order valence-corrected chi connectivity index (χ1v) is 7.66. The van der Waals surface area contributed by atoms with Crippen LogP contribution in [0.1, 0.15) is 25.3 Å². The minimum Gasteiger partial charge on any atom is -0.395 e. The zero-order chi connectivity index (χ0) is 16.0. The van der Waals surface area contributed by atoms with Gasteiger partial charge in [-0.2, -0.15) is 0 Å². The summed E-state index contributed by atoms with van der Waals surface area (Å²) in [4.78, 5) is 11.8. The Kier molecular flexibility index (Phi) is 5.71. The Morgan fingerprint density at radius 3 is 2.77 bits per heavy atom. The lowest BCUT2D eigenvalue weighted by molar-refractivity contribution is -0.123. The Morgan fingerprint density at radius 2 is 2.18 bits per heavy atom. The normalized spacial score (nSPS) is 28.1. The topological polar surface area (TPSA) is 81.6 Å². The van der Waals surface area contributed by atoms with Crippen molar-refractivity contribution in [3.05, 3.63) is 42.0 Å². The number of aliphatic hydroxyl groups is 2. The third-order valence-electron chi connectivity index (χ3n) is 4.13. The maximum atomic E-state index is 11.8. The number of hydrogen-bond acceptors (Lipinski definition) is 4. The molecule has 4 N–H and O–H groups in total. The van der Waals surface area contributed by atoms with Crippen LogP contribution in [0.15, 0.2) is 36.4 Å². The maximum Gasteiger partial charge on any atom is 0.220 e. The molecule has 120 valence electrons. The van der Waals surface area contributed by atoms with Gasteiger partial charge in [0.25, 0.3) is 0 Å². The molecule has 1 fully saturated rings. The van der Waals surface area contributed by atoms with Crippen LogP contribution in [0.3, 0.4) is 0 Å². The van der Waals surface area contributed by atoms with Gasteiger partial charge in [-0.3, -0.25) is 4.79 Å². The van der Waals surface area contributed by atoms with E-state index in [1.54, 1.807) is 6.92 Å². The van der Waals surface area contributed by atoms with E-state index in [4.69, 9.17) is 0 Å². The van der Waals surface area contributed by atoms with Crippen molar-refractivity contribution in [3.63, 3.8) is 0 Å². The van der Waals surface area contributed by atoms with Crippen LogP contribution in [-0.4, -0.2) is 47.0 Å². The summed E-state index contributed by atoms with van der Waals surface area (Å²) in [7, 11) is 0. The molecular formula is C17H24N2O3. The van der Waals surface area contributed by atoms with Crippen LogP contribution in [0.5, 0.6) is 0 Å². The summed E-state index contributed by atoms with van der Waals surface area (Å²) in [6.45, 7) is 2.05. The van der Waals surface area contributed by atoms with Crippen LogP contribution in [0.2, 0.25) is 0 Å². The molecule has 3 atom stereocenters. The number of benzene rings is 1. The summed E-state index contributed by atoms with van der Waals surface area (Å²) in [5.74, 6) is -0.104. The molecule has 5 heteroatoms. The molecule has 22 heavy (non-hydrogen) atoms. The van der Waals surface area contributed by atoms with Crippen LogP contribution in [0.25, 0.3) is 6.08 Å². The molecule has 1 heterocycles. The third kappa shape index (κ3) is 3.74. The highest BCUT2D eigenvalue weighted by Crippen LogP contribution is 2.25. The van der Waals surface area contributed by atoms with Crippen molar-refractivity contribution >= 4 is 12.0 Å². The zero-order valence-electron chi connectivity index (χ0n) is 12.8. The molecule has 1 saturated heterocycles. The molecule has 0 radical (unpaired) electrons. The summed E-state index contributed by atoms with van der Waals surface area (Å²) in [6, 6.07) is 9.45.